The van der Waals surface area contributed by atoms with Crippen LogP contribution in [-0.4, -0.2) is 6.04 Å². The summed E-state index contributed by atoms with van der Waals surface area (Å²) < 4.78 is 0. The van der Waals surface area contributed by atoms with E-state index in [0.29, 0.717) is 16.9 Å². The van der Waals surface area contributed by atoms with Gasteiger partial charge < -0.3 is 5.73 Å². The molecule has 0 radical (unpaired) electrons. The fourth-order valence-corrected chi connectivity index (χ4v) is 6.13. The van der Waals surface area contributed by atoms with Crippen LogP contribution in [0.3, 0.4) is 0 Å². The standard InChI is InChI=1S/C19H29N/c1-18-9-3-4-16(18)15-6-5-13-12-14(20)7-11-19(13,2)17(15)8-10-18/h7-8,11,13-16H,3-6,9-10,12,20H2,1-2H3/t13?,14?,15-,16-,18-,19-/m0/s1. The van der Waals surface area contributed by atoms with Gasteiger partial charge in [-0.1, -0.05) is 44.1 Å². The molecular formula is C19H29N. The van der Waals surface area contributed by atoms with Gasteiger partial charge in [-0.05, 0) is 61.7 Å². The molecule has 0 saturated heterocycles. The molecule has 6 atom stereocenters. The van der Waals surface area contributed by atoms with Crippen molar-refractivity contribution in [2.75, 3.05) is 0 Å². The van der Waals surface area contributed by atoms with Gasteiger partial charge in [0.2, 0.25) is 0 Å². The zero-order valence-corrected chi connectivity index (χ0v) is 13.1. The van der Waals surface area contributed by atoms with Gasteiger partial charge in [0.05, 0.1) is 0 Å². The van der Waals surface area contributed by atoms with Crippen molar-refractivity contribution in [1.29, 1.82) is 0 Å². The van der Waals surface area contributed by atoms with Crippen molar-refractivity contribution in [2.24, 2.45) is 34.3 Å². The first kappa shape index (κ1) is 13.1. The molecule has 4 aliphatic rings. The van der Waals surface area contributed by atoms with Crippen molar-refractivity contribution in [1.82, 2.24) is 0 Å². The van der Waals surface area contributed by atoms with Crippen LogP contribution in [0, 0.1) is 28.6 Å². The average Bonchev–Trinajstić information content (AvgIpc) is 2.81. The van der Waals surface area contributed by atoms with Crippen molar-refractivity contribution < 1.29 is 0 Å². The van der Waals surface area contributed by atoms with Crippen LogP contribution in [0.2, 0.25) is 0 Å². The van der Waals surface area contributed by atoms with Gasteiger partial charge in [-0.2, -0.15) is 0 Å². The lowest BCUT2D eigenvalue weighted by molar-refractivity contribution is 0.0824. The van der Waals surface area contributed by atoms with Gasteiger partial charge >= 0.3 is 0 Å². The Morgan fingerprint density at radius 2 is 2.05 bits per heavy atom. The predicted molar refractivity (Wildman–Crippen MR) is 84.2 cm³/mol. The lowest BCUT2D eigenvalue weighted by Crippen LogP contribution is -2.46. The van der Waals surface area contributed by atoms with E-state index in [4.69, 9.17) is 5.73 Å². The molecule has 2 fully saturated rings. The Bertz CT molecular complexity index is 476. The summed E-state index contributed by atoms with van der Waals surface area (Å²) >= 11 is 0. The van der Waals surface area contributed by atoms with Crippen LogP contribution in [0.5, 0.6) is 0 Å². The van der Waals surface area contributed by atoms with E-state index in [2.05, 4.69) is 32.1 Å². The van der Waals surface area contributed by atoms with Crippen molar-refractivity contribution in [3.05, 3.63) is 23.8 Å². The topological polar surface area (TPSA) is 26.0 Å². The molecule has 0 aromatic heterocycles. The highest BCUT2D eigenvalue weighted by atomic mass is 14.7. The van der Waals surface area contributed by atoms with Crippen LogP contribution in [0.4, 0.5) is 0 Å². The second-order valence-corrected chi connectivity index (χ2v) is 8.44. The normalized spacial score (nSPS) is 53.9. The van der Waals surface area contributed by atoms with E-state index >= 15 is 0 Å². The highest BCUT2D eigenvalue weighted by Crippen LogP contribution is 2.62. The maximum Gasteiger partial charge on any atom is 0.0227 e. The van der Waals surface area contributed by atoms with Gasteiger partial charge in [0.1, 0.15) is 0 Å². The molecule has 2 saturated carbocycles. The largest absolute Gasteiger partial charge is 0.324 e. The fraction of sp³-hybridized carbons (Fsp3) is 0.789. The third-order valence-corrected chi connectivity index (χ3v) is 7.37. The van der Waals surface area contributed by atoms with Gasteiger partial charge in [-0.15, -0.1) is 0 Å². The highest BCUT2D eigenvalue weighted by Gasteiger charge is 2.53. The minimum Gasteiger partial charge on any atom is -0.324 e. The summed E-state index contributed by atoms with van der Waals surface area (Å²) in [7, 11) is 0. The number of fused-ring (bicyclic) bond motifs is 5. The maximum absolute atomic E-state index is 6.17. The maximum atomic E-state index is 6.17. The van der Waals surface area contributed by atoms with Crippen LogP contribution in [-0.2, 0) is 0 Å². The van der Waals surface area contributed by atoms with Crippen LogP contribution in [0.25, 0.3) is 0 Å². The molecule has 0 amide bonds. The molecular weight excluding hydrogens is 242 g/mol. The lowest BCUT2D eigenvalue weighted by atomic mass is 9.51. The van der Waals surface area contributed by atoms with Gasteiger partial charge in [-0.3, -0.25) is 0 Å². The summed E-state index contributed by atoms with van der Waals surface area (Å²) in [6.45, 7) is 5.05. The Morgan fingerprint density at radius 1 is 1.20 bits per heavy atom. The smallest absolute Gasteiger partial charge is 0.0227 e. The van der Waals surface area contributed by atoms with Crippen LogP contribution in [0.15, 0.2) is 23.8 Å². The third-order valence-electron chi connectivity index (χ3n) is 7.37. The van der Waals surface area contributed by atoms with E-state index in [-0.39, 0.29) is 0 Å². The molecule has 0 aromatic rings. The molecule has 110 valence electrons. The molecule has 1 heteroatoms. The SMILES string of the molecule is C[C@]12CC=C3[C@@H](CCC4CC(N)C=C[C@]34C)[C@@H]1CCC2. The Hall–Kier alpha value is -0.560. The molecule has 4 aliphatic carbocycles. The van der Waals surface area contributed by atoms with Crippen LogP contribution < -0.4 is 5.73 Å². The predicted octanol–water partition coefficient (Wildman–Crippen LogP) is 4.44. The summed E-state index contributed by atoms with van der Waals surface area (Å²) in [6, 6.07) is 0.297. The summed E-state index contributed by atoms with van der Waals surface area (Å²) in [5, 5.41) is 0. The summed E-state index contributed by atoms with van der Waals surface area (Å²) in [4.78, 5) is 0. The van der Waals surface area contributed by atoms with Gasteiger partial charge in [0.15, 0.2) is 0 Å². The first-order valence-corrected chi connectivity index (χ1v) is 8.68. The molecule has 0 aromatic carbocycles. The van der Waals surface area contributed by atoms with E-state index in [1.54, 1.807) is 5.57 Å². The Morgan fingerprint density at radius 3 is 2.90 bits per heavy atom. The molecule has 2 N–H and O–H groups in total. The zero-order chi connectivity index (χ0) is 14.0. The minimum absolute atomic E-state index is 0.297. The Kier molecular flexibility index (Phi) is 2.77. The van der Waals surface area contributed by atoms with Crippen molar-refractivity contribution in [2.45, 2.75) is 64.8 Å². The third kappa shape index (κ3) is 1.65. The van der Waals surface area contributed by atoms with Crippen LogP contribution >= 0.6 is 0 Å². The zero-order valence-electron chi connectivity index (χ0n) is 13.1. The van der Waals surface area contributed by atoms with E-state index in [1.165, 1.54) is 44.9 Å². The highest BCUT2D eigenvalue weighted by molar-refractivity contribution is 5.33. The Balaban J connectivity index is 1.74. The van der Waals surface area contributed by atoms with Crippen molar-refractivity contribution in [3.8, 4) is 0 Å². The molecule has 0 bridgehead atoms. The summed E-state index contributed by atoms with van der Waals surface area (Å²) in [5.41, 5.74) is 8.90. The summed E-state index contributed by atoms with van der Waals surface area (Å²) in [5.74, 6) is 2.62. The average molecular weight is 271 g/mol. The number of hydrogen-bond acceptors (Lipinski definition) is 1. The monoisotopic (exact) mass is 271 g/mol. The van der Waals surface area contributed by atoms with Crippen molar-refractivity contribution in [3.63, 3.8) is 0 Å². The van der Waals surface area contributed by atoms with Gasteiger partial charge in [0, 0.05) is 11.5 Å². The summed E-state index contributed by atoms with van der Waals surface area (Å²) in [6.07, 6.45) is 17.1. The van der Waals surface area contributed by atoms with E-state index < -0.39 is 0 Å². The van der Waals surface area contributed by atoms with Gasteiger partial charge in [-0.25, -0.2) is 0 Å². The molecule has 0 aliphatic heterocycles. The van der Waals surface area contributed by atoms with E-state index in [1.807, 2.05) is 0 Å². The Labute approximate surface area is 123 Å². The second kappa shape index (κ2) is 4.22. The molecule has 0 heterocycles. The van der Waals surface area contributed by atoms with Crippen LogP contribution in [0.1, 0.15) is 58.8 Å². The number of rotatable bonds is 0. The van der Waals surface area contributed by atoms with Gasteiger partial charge in [0.25, 0.3) is 0 Å². The lowest BCUT2D eigenvalue weighted by Gasteiger charge is -2.54. The molecule has 2 unspecified atom stereocenters. The quantitative estimate of drug-likeness (QED) is 0.647. The van der Waals surface area contributed by atoms with E-state index in [9.17, 15) is 0 Å². The minimum atomic E-state index is 0.297. The van der Waals surface area contributed by atoms with E-state index in [0.717, 1.165) is 17.8 Å². The first-order valence-electron chi connectivity index (χ1n) is 8.68. The fourth-order valence-electron chi connectivity index (χ4n) is 6.13. The number of hydrogen-bond donors (Lipinski definition) is 1. The number of nitrogens with two attached hydrogens (primary N) is 1. The van der Waals surface area contributed by atoms with Crippen molar-refractivity contribution >= 4 is 0 Å². The molecule has 20 heavy (non-hydrogen) atoms. The molecule has 1 nitrogen and oxygen atoms in total. The first-order chi connectivity index (χ1) is 9.53. The number of allylic oxidation sites excluding steroid dienone is 3. The molecule has 0 spiro atoms. The second-order valence-electron chi connectivity index (χ2n) is 8.44. The molecule has 4 rings (SSSR count).